The molecule has 0 saturated heterocycles. The van der Waals surface area contributed by atoms with Gasteiger partial charge in [-0.05, 0) is 55.0 Å². The zero-order valence-electron chi connectivity index (χ0n) is 18.9. The molecule has 0 radical (unpaired) electrons. The van der Waals surface area contributed by atoms with E-state index in [1.807, 2.05) is 19.1 Å². The molecule has 30 heavy (non-hydrogen) atoms. The number of ketones is 2. The highest BCUT2D eigenvalue weighted by atomic mass is 32.2. The summed E-state index contributed by atoms with van der Waals surface area (Å²) in [5, 5.41) is 2.68. The Morgan fingerprint density at radius 2 is 1.57 bits per heavy atom. The number of unbranched alkanes of at least 4 members (excludes halogenated alkanes) is 2. The molecule has 0 bridgehead atoms. The van der Waals surface area contributed by atoms with Crippen molar-refractivity contribution in [3.05, 3.63) is 34.9 Å². The number of nitrogens with one attached hydrogen (secondary N) is 1. The van der Waals surface area contributed by atoms with Crippen LogP contribution in [0.2, 0.25) is 0 Å². The fourth-order valence-corrected chi connectivity index (χ4v) is 4.61. The van der Waals surface area contributed by atoms with Gasteiger partial charge in [0.1, 0.15) is 5.78 Å². The smallest absolute Gasteiger partial charge is 0.223 e. The highest BCUT2D eigenvalue weighted by molar-refractivity contribution is 7.98. The Hall–Kier alpha value is -1.27. The topological polar surface area (TPSA) is 63.2 Å². The largest absolute Gasteiger partial charge is 0.359 e. The monoisotopic (exact) mass is 451 g/mol. The average Bonchev–Trinajstić information content (AvgIpc) is 2.72. The molecule has 0 spiro atoms. The summed E-state index contributed by atoms with van der Waals surface area (Å²) in [6.45, 7) is 1.98. The lowest BCUT2D eigenvalue weighted by Crippen LogP contribution is -2.29. The lowest BCUT2D eigenvalue weighted by molar-refractivity contribution is -0.129. The fraction of sp³-hybridized carbons (Fsp3) is 0.625. The van der Waals surface area contributed by atoms with Gasteiger partial charge in [-0.1, -0.05) is 25.8 Å². The van der Waals surface area contributed by atoms with Crippen molar-refractivity contribution in [2.45, 2.75) is 69.8 Å². The quantitative estimate of drug-likeness (QED) is 0.259. The molecule has 0 aliphatic heterocycles. The third kappa shape index (κ3) is 10.2. The Labute approximate surface area is 190 Å². The van der Waals surface area contributed by atoms with Gasteiger partial charge < -0.3 is 5.32 Å². The zero-order chi connectivity index (χ0) is 22.4. The Kier molecular flexibility index (Phi) is 13.8. The second kappa shape index (κ2) is 15.5. The van der Waals surface area contributed by atoms with Gasteiger partial charge >= 0.3 is 0 Å². The van der Waals surface area contributed by atoms with Crippen LogP contribution in [0.3, 0.4) is 0 Å². The second-order valence-electron chi connectivity index (χ2n) is 7.73. The number of amides is 1. The van der Waals surface area contributed by atoms with Gasteiger partial charge in [0.25, 0.3) is 0 Å². The van der Waals surface area contributed by atoms with Crippen LogP contribution in [-0.2, 0) is 21.1 Å². The summed E-state index contributed by atoms with van der Waals surface area (Å²) >= 11 is 3.53. The molecule has 1 N–H and O–H groups in total. The minimum absolute atomic E-state index is 0.0533. The minimum atomic E-state index is -0.248. The Morgan fingerprint density at radius 1 is 0.933 bits per heavy atom. The Balaban J connectivity index is 2.53. The normalized spacial score (nSPS) is 11.9. The third-order valence-corrected chi connectivity index (χ3v) is 6.32. The molecule has 1 amide bonds. The van der Waals surface area contributed by atoms with Crippen molar-refractivity contribution in [3.8, 4) is 0 Å². The summed E-state index contributed by atoms with van der Waals surface area (Å²) in [4.78, 5) is 36.7. The van der Waals surface area contributed by atoms with E-state index in [2.05, 4.69) is 23.9 Å². The molecule has 0 heterocycles. The first-order chi connectivity index (χ1) is 14.4. The number of thioether (sulfide) groups is 2. The predicted molar refractivity (Wildman–Crippen MR) is 130 cm³/mol. The van der Waals surface area contributed by atoms with Gasteiger partial charge in [-0.25, -0.2) is 0 Å². The van der Waals surface area contributed by atoms with Crippen LogP contribution >= 0.6 is 23.5 Å². The van der Waals surface area contributed by atoms with E-state index in [-0.39, 0.29) is 23.4 Å². The van der Waals surface area contributed by atoms with Crippen molar-refractivity contribution in [1.82, 2.24) is 5.32 Å². The summed E-state index contributed by atoms with van der Waals surface area (Å²) in [6.07, 6.45) is 9.62. The maximum absolute atomic E-state index is 12.7. The molecule has 0 aliphatic rings. The maximum atomic E-state index is 12.7. The number of benzene rings is 1. The summed E-state index contributed by atoms with van der Waals surface area (Å²) in [5.74, 6) is 1.89. The fourth-order valence-electron chi connectivity index (χ4n) is 3.61. The van der Waals surface area contributed by atoms with Crippen LogP contribution in [0.1, 0.15) is 79.8 Å². The molecule has 1 rings (SSSR count). The minimum Gasteiger partial charge on any atom is -0.359 e. The lowest BCUT2D eigenvalue weighted by Gasteiger charge is -2.14. The van der Waals surface area contributed by atoms with Crippen molar-refractivity contribution in [3.63, 3.8) is 0 Å². The van der Waals surface area contributed by atoms with E-state index in [1.165, 1.54) is 11.1 Å². The first kappa shape index (κ1) is 26.8. The van der Waals surface area contributed by atoms with Crippen molar-refractivity contribution < 1.29 is 14.4 Å². The maximum Gasteiger partial charge on any atom is 0.223 e. The number of rotatable bonds is 16. The SMILES string of the molecule is CCCC(=O)CC(CCCCCC(=O)c1cc(CSC)cc(CSC)c1)C(=O)NC. The van der Waals surface area contributed by atoms with E-state index < -0.39 is 0 Å². The molecule has 0 fully saturated rings. The summed E-state index contributed by atoms with van der Waals surface area (Å²) in [5.41, 5.74) is 3.24. The van der Waals surface area contributed by atoms with Crippen LogP contribution in [0.5, 0.6) is 0 Å². The molecular weight excluding hydrogens is 414 g/mol. The predicted octanol–water partition coefficient (Wildman–Crippen LogP) is 5.67. The number of carbonyl (C=O) groups is 3. The van der Waals surface area contributed by atoms with Crippen LogP contribution in [0, 0.1) is 5.92 Å². The van der Waals surface area contributed by atoms with Gasteiger partial charge in [-0.2, -0.15) is 23.5 Å². The van der Waals surface area contributed by atoms with Crippen LogP contribution < -0.4 is 5.32 Å². The van der Waals surface area contributed by atoms with Crippen molar-refractivity contribution in [2.24, 2.45) is 5.92 Å². The van der Waals surface area contributed by atoms with Crippen LogP contribution in [0.4, 0.5) is 0 Å². The van der Waals surface area contributed by atoms with Gasteiger partial charge in [0.15, 0.2) is 5.78 Å². The Bertz CT molecular complexity index is 667. The average molecular weight is 452 g/mol. The molecule has 6 heteroatoms. The van der Waals surface area contributed by atoms with Crippen LogP contribution in [-0.4, -0.2) is 37.0 Å². The van der Waals surface area contributed by atoms with E-state index in [1.54, 1.807) is 30.6 Å². The summed E-state index contributed by atoms with van der Waals surface area (Å²) < 4.78 is 0. The molecule has 1 unspecified atom stereocenters. The zero-order valence-corrected chi connectivity index (χ0v) is 20.6. The van der Waals surface area contributed by atoms with E-state index >= 15 is 0 Å². The second-order valence-corrected chi connectivity index (χ2v) is 9.46. The van der Waals surface area contributed by atoms with E-state index in [4.69, 9.17) is 0 Å². The molecule has 0 saturated carbocycles. The first-order valence-corrected chi connectivity index (χ1v) is 13.6. The van der Waals surface area contributed by atoms with Gasteiger partial charge in [0.2, 0.25) is 5.91 Å². The highest BCUT2D eigenvalue weighted by Gasteiger charge is 2.20. The van der Waals surface area contributed by atoms with Gasteiger partial charge in [0.05, 0.1) is 0 Å². The number of carbonyl (C=O) groups excluding carboxylic acids is 3. The number of Topliss-reactive ketones (excluding diaryl/α,β-unsaturated/α-hetero) is 2. The van der Waals surface area contributed by atoms with E-state index in [0.29, 0.717) is 25.7 Å². The van der Waals surface area contributed by atoms with Crippen molar-refractivity contribution >= 4 is 41.0 Å². The van der Waals surface area contributed by atoms with Gasteiger partial charge in [-0.15, -0.1) is 0 Å². The number of hydrogen-bond donors (Lipinski definition) is 1. The van der Waals surface area contributed by atoms with E-state index in [0.717, 1.165) is 42.8 Å². The molecule has 1 aromatic carbocycles. The summed E-state index contributed by atoms with van der Waals surface area (Å²) in [6, 6.07) is 6.26. The molecule has 1 atom stereocenters. The lowest BCUT2D eigenvalue weighted by atomic mass is 9.93. The molecule has 4 nitrogen and oxygen atoms in total. The van der Waals surface area contributed by atoms with E-state index in [9.17, 15) is 14.4 Å². The van der Waals surface area contributed by atoms with Crippen LogP contribution in [0.15, 0.2) is 18.2 Å². The number of hydrogen-bond acceptors (Lipinski definition) is 5. The molecule has 0 aliphatic carbocycles. The standard InChI is InChI=1S/C24H37NO3S2/c1-5-9-22(26)15-20(24(28)25-2)10-7-6-8-11-23(27)21-13-18(16-29-3)12-19(14-21)17-30-4/h12-14,20H,5-11,15-17H2,1-4H3,(H,25,28). The van der Waals surface area contributed by atoms with Crippen molar-refractivity contribution in [1.29, 1.82) is 0 Å². The van der Waals surface area contributed by atoms with Gasteiger partial charge in [-0.3, -0.25) is 14.4 Å². The third-order valence-electron chi connectivity index (χ3n) is 5.07. The first-order valence-electron chi connectivity index (χ1n) is 10.8. The van der Waals surface area contributed by atoms with Crippen molar-refractivity contribution in [2.75, 3.05) is 19.6 Å². The van der Waals surface area contributed by atoms with Gasteiger partial charge in [0, 0.05) is 49.3 Å². The molecule has 168 valence electrons. The Morgan fingerprint density at radius 3 is 2.10 bits per heavy atom. The van der Waals surface area contributed by atoms with Crippen LogP contribution in [0.25, 0.3) is 0 Å². The molecule has 1 aromatic rings. The molecule has 0 aromatic heterocycles. The summed E-state index contributed by atoms with van der Waals surface area (Å²) in [7, 11) is 1.62. The molecular formula is C24H37NO3S2. The highest BCUT2D eigenvalue weighted by Crippen LogP contribution is 2.21.